The molecule has 11 nitrogen and oxygen atoms in total. The number of carbonyl (C=O) groups excluding carboxylic acids is 2. The van der Waals surface area contributed by atoms with E-state index in [4.69, 9.17) is 14.5 Å². The lowest BCUT2D eigenvalue weighted by Crippen LogP contribution is -2.48. The van der Waals surface area contributed by atoms with Gasteiger partial charge in [-0.2, -0.15) is 0 Å². The predicted molar refractivity (Wildman–Crippen MR) is 178 cm³/mol. The van der Waals surface area contributed by atoms with Crippen LogP contribution in [0.15, 0.2) is 41.7 Å². The van der Waals surface area contributed by atoms with E-state index in [1.54, 1.807) is 20.0 Å². The molecule has 2 aromatic rings. The Hall–Kier alpha value is -3.28. The van der Waals surface area contributed by atoms with Gasteiger partial charge >= 0.3 is 11.9 Å². The Labute approximate surface area is 270 Å². The molecule has 11 heteroatoms. The summed E-state index contributed by atoms with van der Waals surface area (Å²) < 4.78 is 10.7. The van der Waals surface area contributed by atoms with Crippen LogP contribution in [0, 0.1) is 0 Å². The average molecular weight is 626 g/mol. The van der Waals surface area contributed by atoms with Crippen LogP contribution in [0.4, 0.5) is 0 Å². The third-order valence-electron chi connectivity index (χ3n) is 7.91. The second-order valence-electron chi connectivity index (χ2n) is 11.6. The molecule has 0 atom stereocenters. The normalized spacial score (nSPS) is 13.4. The largest absolute Gasteiger partial charge is 0.464 e. The van der Waals surface area contributed by atoms with Crippen LogP contribution in [0.5, 0.6) is 0 Å². The van der Waals surface area contributed by atoms with Gasteiger partial charge in [0.1, 0.15) is 11.7 Å². The molecule has 250 valence electrons. The van der Waals surface area contributed by atoms with Crippen molar-refractivity contribution in [2.75, 3.05) is 66.1 Å². The summed E-state index contributed by atoms with van der Waals surface area (Å²) in [5, 5.41) is 0. The highest BCUT2D eigenvalue weighted by molar-refractivity contribution is 5.99. The number of aromatic nitrogens is 2. The van der Waals surface area contributed by atoms with Crippen LogP contribution in [-0.2, 0) is 38.7 Å². The van der Waals surface area contributed by atoms with Crippen LogP contribution in [0.2, 0.25) is 0 Å². The number of nitrogens with one attached hydrogen (secondary N) is 1. The predicted octanol–water partition coefficient (Wildman–Crippen LogP) is 3.95. The summed E-state index contributed by atoms with van der Waals surface area (Å²) in [6.07, 6.45) is 7.72. The number of rotatable bonds is 22. The van der Waals surface area contributed by atoms with E-state index in [9.17, 15) is 9.59 Å². The van der Waals surface area contributed by atoms with Crippen molar-refractivity contribution in [3.8, 4) is 0 Å². The molecule has 45 heavy (non-hydrogen) atoms. The highest BCUT2D eigenvalue weighted by Gasteiger charge is 2.35. The van der Waals surface area contributed by atoms with E-state index in [1.807, 2.05) is 11.1 Å². The number of nitrogens with zero attached hydrogens (tertiary/aromatic N) is 6. The fourth-order valence-corrected chi connectivity index (χ4v) is 5.71. The number of esters is 2. The molecule has 1 aromatic heterocycles. The standard InChI is InChI=1S/C34H55N7O4/c1-6-19-39(20-7-2)21-10-11-22-41(32(33(42)44-8-3)34(43)45-9-4)25-29-14-12-28(13-15-29)24-40(26-30-35-16-17-36-30)27-31-37-18-23-38(31)5/h12-17,32H,6-11,18-27H2,1-5H3,(H,35,36). The van der Waals surface area contributed by atoms with E-state index in [1.165, 1.54) is 0 Å². The van der Waals surface area contributed by atoms with Gasteiger partial charge in [-0.1, -0.05) is 38.1 Å². The molecular formula is C34H55N7O4. The Morgan fingerprint density at radius 1 is 0.844 bits per heavy atom. The Morgan fingerprint density at radius 3 is 2.00 bits per heavy atom. The summed E-state index contributed by atoms with van der Waals surface area (Å²) in [5.74, 6) is 0.893. The van der Waals surface area contributed by atoms with Gasteiger partial charge in [0.2, 0.25) is 6.04 Å². The molecular weight excluding hydrogens is 570 g/mol. The first-order chi connectivity index (χ1) is 21.9. The average Bonchev–Trinajstić information content (AvgIpc) is 3.68. The summed E-state index contributed by atoms with van der Waals surface area (Å²) in [5.41, 5.74) is 2.19. The molecule has 0 saturated carbocycles. The summed E-state index contributed by atoms with van der Waals surface area (Å²) in [4.78, 5) is 47.4. The zero-order valence-corrected chi connectivity index (χ0v) is 28.2. The lowest BCUT2D eigenvalue weighted by Gasteiger charge is -2.29. The van der Waals surface area contributed by atoms with Crippen molar-refractivity contribution in [3.63, 3.8) is 0 Å². The van der Waals surface area contributed by atoms with Crippen LogP contribution in [-0.4, -0.2) is 119 Å². The number of likely N-dealkylation sites (N-methyl/N-ethyl adjacent to an activating group) is 1. The molecule has 1 aliphatic heterocycles. The SMILES string of the molecule is CCCN(CCC)CCCCN(Cc1ccc(CN(CC2=NCCN2C)Cc2ncc[nH]2)cc1)C(C(=O)OCC)C(=O)OCC. The number of benzene rings is 1. The van der Waals surface area contributed by atoms with E-state index >= 15 is 0 Å². The zero-order valence-electron chi connectivity index (χ0n) is 28.2. The van der Waals surface area contributed by atoms with E-state index in [0.717, 1.165) is 94.3 Å². The van der Waals surface area contributed by atoms with Crippen molar-refractivity contribution in [3.05, 3.63) is 53.6 Å². The Bertz CT molecular complexity index is 1130. The Morgan fingerprint density at radius 2 is 1.47 bits per heavy atom. The molecule has 0 fully saturated rings. The van der Waals surface area contributed by atoms with Gasteiger partial charge in [0, 0.05) is 39.1 Å². The maximum atomic E-state index is 13.1. The highest BCUT2D eigenvalue weighted by Crippen LogP contribution is 2.17. The first-order valence-electron chi connectivity index (χ1n) is 16.7. The van der Waals surface area contributed by atoms with Gasteiger partial charge < -0.3 is 24.3 Å². The summed E-state index contributed by atoms with van der Waals surface area (Å²) in [6.45, 7) is 16.5. The molecule has 0 spiro atoms. The number of ether oxygens (including phenoxy) is 2. The van der Waals surface area contributed by atoms with E-state index < -0.39 is 18.0 Å². The zero-order chi connectivity index (χ0) is 32.4. The lowest BCUT2D eigenvalue weighted by atomic mass is 10.1. The van der Waals surface area contributed by atoms with E-state index in [-0.39, 0.29) is 13.2 Å². The van der Waals surface area contributed by atoms with Gasteiger partial charge in [-0.3, -0.25) is 14.8 Å². The first-order valence-corrected chi connectivity index (χ1v) is 16.7. The molecule has 3 rings (SSSR count). The molecule has 0 unspecified atom stereocenters. The van der Waals surface area contributed by atoms with E-state index in [2.05, 4.69) is 69.8 Å². The number of hydrogen-bond donors (Lipinski definition) is 1. The molecule has 0 radical (unpaired) electrons. The van der Waals surface area contributed by atoms with E-state index in [0.29, 0.717) is 19.6 Å². The molecule has 1 aliphatic rings. The van der Waals surface area contributed by atoms with Crippen molar-refractivity contribution in [1.29, 1.82) is 0 Å². The highest BCUT2D eigenvalue weighted by atomic mass is 16.6. The summed E-state index contributed by atoms with van der Waals surface area (Å²) in [6, 6.07) is 7.33. The fraction of sp³-hybridized carbons (Fsp3) is 0.647. The Kier molecular flexibility index (Phi) is 16.1. The first kappa shape index (κ1) is 36.2. The van der Waals surface area contributed by atoms with Crippen molar-refractivity contribution in [2.45, 2.75) is 79.1 Å². The minimum Gasteiger partial charge on any atom is -0.464 e. The van der Waals surface area contributed by atoms with Gasteiger partial charge in [-0.15, -0.1) is 0 Å². The number of amidine groups is 1. The van der Waals surface area contributed by atoms with Crippen molar-refractivity contribution >= 4 is 17.8 Å². The summed E-state index contributed by atoms with van der Waals surface area (Å²) in [7, 11) is 2.09. The second-order valence-corrected chi connectivity index (χ2v) is 11.6. The van der Waals surface area contributed by atoms with Gasteiger partial charge in [0.15, 0.2) is 0 Å². The number of aromatic amines is 1. The Balaban J connectivity index is 1.73. The maximum Gasteiger partial charge on any atom is 0.335 e. The molecule has 0 bridgehead atoms. The third kappa shape index (κ3) is 12.2. The molecule has 1 N–H and O–H groups in total. The van der Waals surface area contributed by atoms with Gasteiger partial charge in [0.05, 0.1) is 32.8 Å². The van der Waals surface area contributed by atoms with Crippen LogP contribution in [0.1, 0.15) is 70.3 Å². The fourth-order valence-electron chi connectivity index (χ4n) is 5.71. The quantitative estimate of drug-likeness (QED) is 0.118. The van der Waals surface area contributed by atoms with Crippen molar-refractivity contribution in [1.82, 2.24) is 29.6 Å². The molecule has 0 aliphatic carbocycles. The number of unbranched alkanes of at least 4 members (excludes halogenated alkanes) is 1. The van der Waals surface area contributed by atoms with Gasteiger partial charge in [-0.25, -0.2) is 14.6 Å². The second kappa shape index (κ2) is 20.0. The molecule has 1 aromatic carbocycles. The molecule has 0 saturated heterocycles. The van der Waals surface area contributed by atoms with Crippen LogP contribution >= 0.6 is 0 Å². The monoisotopic (exact) mass is 625 g/mol. The minimum absolute atomic E-state index is 0.205. The smallest absolute Gasteiger partial charge is 0.335 e. The number of H-pyrrole nitrogens is 1. The number of imidazole rings is 1. The number of carbonyl (C=O) groups is 2. The molecule has 0 amide bonds. The van der Waals surface area contributed by atoms with Crippen LogP contribution < -0.4 is 0 Å². The number of hydrogen-bond acceptors (Lipinski definition) is 10. The topological polar surface area (TPSA) is 107 Å². The maximum absolute atomic E-state index is 13.1. The number of aliphatic imine (C=N–C) groups is 1. The van der Waals surface area contributed by atoms with Gasteiger partial charge in [0.25, 0.3) is 0 Å². The lowest BCUT2D eigenvalue weighted by molar-refractivity contribution is -0.164. The van der Waals surface area contributed by atoms with Gasteiger partial charge in [-0.05, 0) is 76.8 Å². The van der Waals surface area contributed by atoms with Crippen molar-refractivity contribution < 1.29 is 19.1 Å². The molecule has 2 heterocycles. The van der Waals surface area contributed by atoms with Crippen LogP contribution in [0.3, 0.4) is 0 Å². The summed E-state index contributed by atoms with van der Waals surface area (Å²) >= 11 is 0. The minimum atomic E-state index is -1.10. The van der Waals surface area contributed by atoms with Crippen molar-refractivity contribution in [2.24, 2.45) is 4.99 Å². The van der Waals surface area contributed by atoms with Crippen LogP contribution in [0.25, 0.3) is 0 Å². The third-order valence-corrected chi connectivity index (χ3v) is 7.91.